The average Bonchev–Trinajstić information content (AvgIpc) is 3.61. The van der Waals surface area contributed by atoms with Gasteiger partial charge in [0.05, 0.1) is 19.5 Å². The standard InChI is InChI=1S/C25H40N7O17P3S/c1-4-5-16(34)53-9-8-27-15(33)6-7-28-23(37)20(36)25(2,3)11-46-52(43,44)49-51(41,42)45-10-14-19(48-50(38,39)40)18(35)24(47-14)32-13-31-17-21(26)29-12-30-22(17)32/h4,12-14,18-20,24,35-36H,1,5-11H2,2-3H3,(H,27,33)(H,28,37)(H,41,42)(H,43,44)(H2,26,29,30)(H2,38,39,40)/t14-,18-,19+,20?,24-/m1/s1. The van der Waals surface area contributed by atoms with Crippen LogP contribution >= 0.6 is 35.2 Å². The molecule has 0 saturated carbocycles. The number of aliphatic hydroxyl groups excluding tert-OH is 2. The molecular formula is C25H40N7O17P3S. The van der Waals surface area contributed by atoms with Gasteiger partial charge in [-0.2, -0.15) is 4.31 Å². The lowest BCUT2D eigenvalue weighted by Gasteiger charge is -2.30. The van der Waals surface area contributed by atoms with Gasteiger partial charge in [0, 0.05) is 37.1 Å². The largest absolute Gasteiger partial charge is 0.481 e. The molecule has 1 saturated heterocycles. The topological polar surface area (TPSA) is 364 Å². The second kappa shape index (κ2) is 18.8. The number of imidazole rings is 1. The van der Waals surface area contributed by atoms with Crippen LogP contribution in [0.15, 0.2) is 25.3 Å². The number of nitrogens with two attached hydrogens (primary N) is 1. The highest BCUT2D eigenvalue weighted by molar-refractivity contribution is 8.13. The lowest BCUT2D eigenvalue weighted by atomic mass is 9.87. The molecule has 2 amide bonds. The minimum atomic E-state index is -5.56. The van der Waals surface area contributed by atoms with E-state index in [0.29, 0.717) is 5.75 Å². The number of nitrogen functional groups attached to an aromatic ring is 1. The van der Waals surface area contributed by atoms with Crippen LogP contribution in [0.25, 0.3) is 11.2 Å². The number of aromatic nitrogens is 4. The molecule has 0 radical (unpaired) electrons. The number of ether oxygens (including phenoxy) is 1. The maximum Gasteiger partial charge on any atom is 0.481 e. The van der Waals surface area contributed by atoms with E-state index >= 15 is 0 Å². The first-order valence-electron chi connectivity index (χ1n) is 15.2. The summed E-state index contributed by atoms with van der Waals surface area (Å²) in [4.78, 5) is 86.7. The lowest BCUT2D eigenvalue weighted by molar-refractivity contribution is -0.137. The van der Waals surface area contributed by atoms with Crippen LogP contribution in [0.2, 0.25) is 0 Å². The number of hydrogen-bond donors (Lipinski definition) is 9. The van der Waals surface area contributed by atoms with Crippen molar-refractivity contribution in [2.24, 2.45) is 5.41 Å². The van der Waals surface area contributed by atoms with E-state index in [1.165, 1.54) is 19.9 Å². The molecular weight excluding hydrogens is 795 g/mol. The van der Waals surface area contributed by atoms with Gasteiger partial charge in [-0.25, -0.2) is 28.6 Å². The van der Waals surface area contributed by atoms with Crippen LogP contribution in [-0.4, -0.2) is 123 Å². The number of anilines is 1. The number of carbonyl (C=O) groups excluding carboxylic acids is 3. The van der Waals surface area contributed by atoms with E-state index in [1.54, 1.807) is 0 Å². The van der Waals surface area contributed by atoms with Crippen LogP contribution in [0.4, 0.5) is 5.82 Å². The summed E-state index contributed by atoms with van der Waals surface area (Å²) < 4.78 is 61.9. The number of nitrogens with one attached hydrogen (secondary N) is 2. The van der Waals surface area contributed by atoms with Crippen molar-refractivity contribution < 1.29 is 80.5 Å². The van der Waals surface area contributed by atoms with E-state index in [-0.39, 0.29) is 48.0 Å². The van der Waals surface area contributed by atoms with Gasteiger partial charge in [-0.1, -0.05) is 31.7 Å². The fourth-order valence-electron chi connectivity index (χ4n) is 4.47. The van der Waals surface area contributed by atoms with Gasteiger partial charge >= 0.3 is 23.5 Å². The van der Waals surface area contributed by atoms with Gasteiger partial charge < -0.3 is 50.9 Å². The molecule has 0 bridgehead atoms. The molecule has 2 aromatic heterocycles. The number of fused-ring (bicyclic) bond motifs is 1. The second-order valence-electron chi connectivity index (χ2n) is 11.8. The number of nitrogens with zero attached hydrogens (tertiary/aromatic N) is 4. The van der Waals surface area contributed by atoms with Crippen LogP contribution < -0.4 is 16.4 Å². The van der Waals surface area contributed by atoms with Gasteiger partial charge in [-0.3, -0.25) is 32.5 Å². The van der Waals surface area contributed by atoms with Crippen LogP contribution in [0.5, 0.6) is 0 Å². The van der Waals surface area contributed by atoms with Crippen molar-refractivity contribution in [3.8, 4) is 0 Å². The van der Waals surface area contributed by atoms with Crippen LogP contribution in [0.1, 0.15) is 32.9 Å². The molecule has 298 valence electrons. The molecule has 1 aliphatic heterocycles. The Morgan fingerprint density at radius 1 is 1.11 bits per heavy atom. The SMILES string of the molecule is C=CCC(=O)SCCNC(=O)CCNC(=O)C(O)C(C)(C)COP(=O)(O)OP(=O)(O)OC[C@H]1O[C@@H](n2cnc3c(N)ncnc32)[C@H](O)[C@H]1OP(=O)(O)O. The zero-order valence-corrected chi connectivity index (χ0v) is 31.6. The molecule has 3 heterocycles. The molecule has 7 atom stereocenters. The zero-order chi connectivity index (χ0) is 39.8. The highest BCUT2D eigenvalue weighted by Gasteiger charge is 2.50. The van der Waals surface area contributed by atoms with Crippen LogP contribution in [0, 0.1) is 5.41 Å². The Bertz CT molecular complexity index is 1780. The molecule has 28 heteroatoms. The van der Waals surface area contributed by atoms with E-state index in [2.05, 4.69) is 41.0 Å². The average molecular weight is 836 g/mol. The number of carbonyl (C=O) groups is 3. The normalized spacial score (nSPS) is 22.1. The van der Waals surface area contributed by atoms with Gasteiger partial charge in [0.1, 0.15) is 36.3 Å². The summed E-state index contributed by atoms with van der Waals surface area (Å²) in [6, 6.07) is 0. The van der Waals surface area contributed by atoms with Crippen LogP contribution in [-0.2, 0) is 50.7 Å². The predicted molar refractivity (Wildman–Crippen MR) is 182 cm³/mol. The highest BCUT2D eigenvalue weighted by atomic mass is 32.2. The third-order valence-electron chi connectivity index (χ3n) is 7.08. The fourth-order valence-corrected chi connectivity index (χ4v) is 7.97. The first kappa shape index (κ1) is 44.7. The second-order valence-corrected chi connectivity index (χ2v) is 17.2. The Morgan fingerprint density at radius 2 is 1.79 bits per heavy atom. The van der Waals surface area contributed by atoms with E-state index in [1.807, 2.05) is 0 Å². The van der Waals surface area contributed by atoms with Gasteiger partial charge in [-0.15, -0.1) is 6.58 Å². The summed E-state index contributed by atoms with van der Waals surface area (Å²) in [6.07, 6.45) is -5.26. The molecule has 1 fully saturated rings. The summed E-state index contributed by atoms with van der Waals surface area (Å²) in [7, 11) is -16.4. The van der Waals surface area contributed by atoms with Gasteiger partial charge in [-0.05, 0) is 0 Å². The van der Waals surface area contributed by atoms with Crippen molar-refractivity contribution in [1.29, 1.82) is 0 Å². The number of phosphoric acid groups is 3. The summed E-state index contributed by atoms with van der Waals surface area (Å²) >= 11 is 1.02. The molecule has 2 aromatic rings. The minimum Gasteiger partial charge on any atom is -0.386 e. The zero-order valence-electron chi connectivity index (χ0n) is 28.1. The summed E-state index contributed by atoms with van der Waals surface area (Å²) in [6.45, 7) is 3.93. The van der Waals surface area contributed by atoms with Crippen LogP contribution in [0.3, 0.4) is 0 Å². The van der Waals surface area contributed by atoms with Crippen molar-refractivity contribution in [2.75, 3.05) is 37.8 Å². The van der Waals surface area contributed by atoms with Crippen molar-refractivity contribution >= 4 is 69.1 Å². The van der Waals surface area contributed by atoms with E-state index in [0.717, 1.165) is 29.0 Å². The third kappa shape index (κ3) is 13.5. The Balaban J connectivity index is 1.52. The number of aliphatic hydroxyl groups is 2. The molecule has 3 rings (SSSR count). The summed E-state index contributed by atoms with van der Waals surface area (Å²) in [5, 5.41) is 26.1. The molecule has 1 aliphatic rings. The number of thioether (sulfide) groups is 1. The third-order valence-corrected chi connectivity index (χ3v) is 11.1. The minimum absolute atomic E-state index is 0.0295. The molecule has 24 nitrogen and oxygen atoms in total. The van der Waals surface area contributed by atoms with Gasteiger partial charge in [0.25, 0.3) is 0 Å². The number of phosphoric ester groups is 3. The monoisotopic (exact) mass is 835 g/mol. The van der Waals surface area contributed by atoms with Crippen molar-refractivity contribution in [3.05, 3.63) is 25.3 Å². The van der Waals surface area contributed by atoms with Gasteiger partial charge in [0.2, 0.25) is 11.8 Å². The molecule has 53 heavy (non-hydrogen) atoms. The number of allylic oxidation sites excluding steroid dienone is 1. The Labute approximate surface area is 305 Å². The van der Waals surface area contributed by atoms with Crippen molar-refractivity contribution in [2.45, 2.75) is 57.3 Å². The van der Waals surface area contributed by atoms with E-state index in [9.17, 15) is 57.9 Å². The van der Waals surface area contributed by atoms with Crippen molar-refractivity contribution in [3.63, 3.8) is 0 Å². The predicted octanol–water partition coefficient (Wildman–Crippen LogP) is -0.759. The first-order valence-corrected chi connectivity index (χ1v) is 20.7. The van der Waals surface area contributed by atoms with E-state index < -0.39 is 84.6 Å². The number of hydrogen-bond acceptors (Lipinski definition) is 18. The maximum absolute atomic E-state index is 12.6. The van der Waals surface area contributed by atoms with Crippen molar-refractivity contribution in [1.82, 2.24) is 30.2 Å². The highest BCUT2D eigenvalue weighted by Crippen LogP contribution is 2.61. The first-order chi connectivity index (χ1) is 24.6. The summed E-state index contributed by atoms with van der Waals surface area (Å²) in [5.41, 5.74) is 4.25. The quantitative estimate of drug-likeness (QED) is 0.0424. The number of rotatable bonds is 21. The molecule has 0 aromatic carbocycles. The van der Waals surface area contributed by atoms with Gasteiger partial charge in [0.15, 0.2) is 22.8 Å². The smallest absolute Gasteiger partial charge is 0.386 e. The Morgan fingerprint density at radius 3 is 2.45 bits per heavy atom. The maximum atomic E-state index is 12.6. The Kier molecular flexibility index (Phi) is 15.8. The fraction of sp³-hybridized carbons (Fsp3) is 0.600. The molecule has 0 spiro atoms. The van der Waals surface area contributed by atoms with E-state index in [4.69, 9.17) is 19.5 Å². The molecule has 3 unspecified atom stereocenters. The lowest BCUT2D eigenvalue weighted by Crippen LogP contribution is -2.46. The Hall–Kier alpha value is -2.70. The summed E-state index contributed by atoms with van der Waals surface area (Å²) in [5.74, 6) is -1.13. The number of amides is 2. The molecule has 10 N–H and O–H groups in total. The molecule has 0 aliphatic carbocycles.